The third-order valence-corrected chi connectivity index (χ3v) is 5.60. The second-order valence-corrected chi connectivity index (χ2v) is 8.11. The van der Waals surface area contributed by atoms with Gasteiger partial charge in [0.25, 0.3) is 10.0 Å². The van der Waals surface area contributed by atoms with Crippen LogP contribution in [0.1, 0.15) is 6.92 Å². The number of carbonyl (C=O) groups excluding carboxylic acids is 1. The van der Waals surface area contributed by atoms with Crippen LogP contribution in [0.5, 0.6) is 0 Å². The van der Waals surface area contributed by atoms with Gasteiger partial charge < -0.3 is 5.32 Å². The Morgan fingerprint density at radius 3 is 2.61 bits per heavy atom. The summed E-state index contributed by atoms with van der Waals surface area (Å²) in [5.74, 6) is -2.12. The molecule has 0 atom stereocenters. The van der Waals surface area contributed by atoms with Crippen molar-refractivity contribution in [2.45, 2.75) is 11.8 Å². The van der Waals surface area contributed by atoms with Gasteiger partial charge in [-0.3, -0.25) is 9.52 Å². The van der Waals surface area contributed by atoms with E-state index in [1.807, 2.05) is 0 Å². The molecule has 0 fully saturated rings. The summed E-state index contributed by atoms with van der Waals surface area (Å²) in [6, 6.07) is 6.90. The first-order chi connectivity index (χ1) is 14.7. The van der Waals surface area contributed by atoms with Crippen LogP contribution in [-0.2, 0) is 14.8 Å². The van der Waals surface area contributed by atoms with E-state index in [0.29, 0.717) is 23.0 Å². The Morgan fingerprint density at radius 1 is 1.06 bits per heavy atom. The normalized spacial score (nSPS) is 11.5. The van der Waals surface area contributed by atoms with E-state index in [0.717, 1.165) is 12.1 Å². The second kappa shape index (κ2) is 7.72. The minimum atomic E-state index is -4.40. The molecule has 158 valence electrons. The van der Waals surface area contributed by atoms with Crippen LogP contribution in [0.3, 0.4) is 0 Å². The van der Waals surface area contributed by atoms with E-state index >= 15 is 0 Å². The summed E-state index contributed by atoms with van der Waals surface area (Å²) in [4.78, 5) is 18.6. The van der Waals surface area contributed by atoms with Crippen LogP contribution in [0.15, 0.2) is 60.0 Å². The first-order valence-electron chi connectivity index (χ1n) is 8.78. The van der Waals surface area contributed by atoms with E-state index in [2.05, 4.69) is 25.1 Å². The quantitative estimate of drug-likeness (QED) is 0.489. The summed E-state index contributed by atoms with van der Waals surface area (Å²) in [7, 11) is -4.40. The number of sulfonamides is 1. The van der Waals surface area contributed by atoms with E-state index in [4.69, 9.17) is 0 Å². The molecule has 0 radical (unpaired) electrons. The van der Waals surface area contributed by atoms with Crippen LogP contribution < -0.4 is 10.0 Å². The number of anilines is 2. The van der Waals surface area contributed by atoms with Crippen molar-refractivity contribution in [1.29, 1.82) is 0 Å². The molecule has 2 N–H and O–H groups in total. The fourth-order valence-electron chi connectivity index (χ4n) is 2.91. The first kappa shape index (κ1) is 20.3. The summed E-state index contributed by atoms with van der Waals surface area (Å²) in [6.45, 7) is 1.34. The topological polar surface area (TPSA) is 118 Å². The number of rotatable bonds is 5. The van der Waals surface area contributed by atoms with Crippen molar-refractivity contribution in [3.05, 3.63) is 66.8 Å². The number of aromatic nitrogens is 4. The maximum absolute atomic E-state index is 14.1. The number of benzene rings is 1. The lowest BCUT2D eigenvalue weighted by Gasteiger charge is -2.12. The van der Waals surface area contributed by atoms with E-state index < -0.39 is 26.6 Å². The number of nitrogens with one attached hydrogen (secondary N) is 2. The Labute approximate surface area is 174 Å². The molecule has 0 saturated heterocycles. The summed E-state index contributed by atoms with van der Waals surface area (Å²) < 4.78 is 56.3. The molecular formula is C19H14F2N6O3S. The molecule has 3 heterocycles. The molecule has 31 heavy (non-hydrogen) atoms. The average molecular weight is 444 g/mol. The minimum absolute atomic E-state index is 0.0246. The molecule has 0 aliphatic carbocycles. The predicted octanol–water partition coefficient (Wildman–Crippen LogP) is 2.83. The molecule has 4 aromatic rings. The zero-order valence-corrected chi connectivity index (χ0v) is 16.7. The highest BCUT2D eigenvalue weighted by molar-refractivity contribution is 7.92. The summed E-state index contributed by atoms with van der Waals surface area (Å²) in [5.41, 5.74) is 1.32. The first-order valence-corrected chi connectivity index (χ1v) is 10.3. The van der Waals surface area contributed by atoms with Crippen molar-refractivity contribution in [2.75, 3.05) is 10.0 Å². The van der Waals surface area contributed by atoms with Gasteiger partial charge in [0, 0.05) is 30.9 Å². The fourth-order valence-corrected chi connectivity index (χ4v) is 4.02. The number of fused-ring (bicyclic) bond motifs is 1. The van der Waals surface area contributed by atoms with Gasteiger partial charge in [0.15, 0.2) is 5.65 Å². The largest absolute Gasteiger partial charge is 0.311 e. The molecular weight excluding hydrogens is 430 g/mol. The van der Waals surface area contributed by atoms with E-state index in [-0.39, 0.29) is 17.2 Å². The maximum atomic E-state index is 14.1. The van der Waals surface area contributed by atoms with Gasteiger partial charge in [0.2, 0.25) is 5.91 Å². The number of carbonyl (C=O) groups is 1. The standard InChI is InChI=1S/C19H14F2N6O3S/c1-11(28)25-18-7-12(4-5-22-18)13-6-16(19-23-10-24-27(19)9-13)26-31(29,30)17-3-2-14(20)8-15(17)21/h2-10,26H,1H3,(H,22,25,28). The van der Waals surface area contributed by atoms with Gasteiger partial charge in [-0.1, -0.05) is 0 Å². The summed E-state index contributed by atoms with van der Waals surface area (Å²) >= 11 is 0. The van der Waals surface area contributed by atoms with Crippen molar-refractivity contribution in [1.82, 2.24) is 19.6 Å². The van der Waals surface area contributed by atoms with E-state index in [9.17, 15) is 22.0 Å². The molecule has 0 spiro atoms. The molecule has 1 amide bonds. The van der Waals surface area contributed by atoms with Crippen molar-refractivity contribution in [3.8, 4) is 11.1 Å². The van der Waals surface area contributed by atoms with Gasteiger partial charge in [-0.15, -0.1) is 0 Å². The lowest BCUT2D eigenvalue weighted by Crippen LogP contribution is -2.15. The van der Waals surface area contributed by atoms with Crippen LogP contribution in [0, 0.1) is 11.6 Å². The van der Waals surface area contributed by atoms with Crippen LogP contribution in [0.2, 0.25) is 0 Å². The van der Waals surface area contributed by atoms with Crippen molar-refractivity contribution in [3.63, 3.8) is 0 Å². The molecule has 1 aromatic carbocycles. The third-order valence-electron chi connectivity index (χ3n) is 4.20. The molecule has 3 aromatic heterocycles. The Bertz CT molecular complexity index is 1420. The highest BCUT2D eigenvalue weighted by Crippen LogP contribution is 2.28. The average Bonchev–Trinajstić information content (AvgIpc) is 3.16. The molecule has 9 nitrogen and oxygen atoms in total. The molecule has 0 aliphatic rings. The fraction of sp³-hybridized carbons (Fsp3) is 0.0526. The lowest BCUT2D eigenvalue weighted by atomic mass is 10.1. The number of nitrogens with zero attached hydrogens (tertiary/aromatic N) is 4. The van der Waals surface area contributed by atoms with Crippen molar-refractivity contribution >= 4 is 33.1 Å². The molecule has 0 aliphatic heterocycles. The van der Waals surface area contributed by atoms with Gasteiger partial charge in [0.05, 0.1) is 5.69 Å². The monoisotopic (exact) mass is 444 g/mol. The Hall–Kier alpha value is -3.93. The molecule has 0 unspecified atom stereocenters. The summed E-state index contributed by atoms with van der Waals surface area (Å²) in [6.07, 6.45) is 4.31. The molecule has 0 saturated carbocycles. The number of amides is 1. The van der Waals surface area contributed by atoms with Crippen LogP contribution in [0.25, 0.3) is 16.8 Å². The van der Waals surface area contributed by atoms with Gasteiger partial charge >= 0.3 is 0 Å². The van der Waals surface area contributed by atoms with Gasteiger partial charge in [-0.2, -0.15) is 5.10 Å². The highest BCUT2D eigenvalue weighted by Gasteiger charge is 2.22. The second-order valence-electron chi connectivity index (χ2n) is 6.46. The zero-order chi connectivity index (χ0) is 22.2. The molecule has 12 heteroatoms. The predicted molar refractivity (Wildman–Crippen MR) is 108 cm³/mol. The number of hydrogen-bond donors (Lipinski definition) is 2. The van der Waals surface area contributed by atoms with E-state index in [1.54, 1.807) is 18.3 Å². The van der Waals surface area contributed by atoms with Crippen molar-refractivity contribution in [2.24, 2.45) is 0 Å². The maximum Gasteiger partial charge on any atom is 0.264 e. The lowest BCUT2D eigenvalue weighted by molar-refractivity contribution is -0.114. The van der Waals surface area contributed by atoms with Gasteiger partial charge in [0.1, 0.15) is 28.7 Å². The summed E-state index contributed by atoms with van der Waals surface area (Å²) in [5, 5.41) is 6.59. The van der Waals surface area contributed by atoms with Crippen molar-refractivity contribution < 1.29 is 22.0 Å². The number of hydrogen-bond acceptors (Lipinski definition) is 6. The number of pyridine rings is 2. The van der Waals surface area contributed by atoms with E-state index in [1.165, 1.54) is 30.0 Å². The molecule has 4 rings (SSSR count). The number of halogens is 2. The smallest absolute Gasteiger partial charge is 0.264 e. The Kier molecular flexibility index (Phi) is 5.07. The van der Waals surface area contributed by atoms with Crippen LogP contribution in [0.4, 0.5) is 20.3 Å². The van der Waals surface area contributed by atoms with Gasteiger partial charge in [-0.05, 0) is 35.9 Å². The highest BCUT2D eigenvalue weighted by atomic mass is 32.2. The minimum Gasteiger partial charge on any atom is -0.311 e. The third kappa shape index (κ3) is 4.19. The SMILES string of the molecule is CC(=O)Nc1cc(-c2cc(NS(=O)(=O)c3ccc(F)cc3F)c3ncnn3c2)ccn1. The van der Waals surface area contributed by atoms with Crippen LogP contribution >= 0.6 is 0 Å². The Balaban J connectivity index is 1.79. The van der Waals surface area contributed by atoms with Crippen LogP contribution in [-0.4, -0.2) is 33.9 Å². The Morgan fingerprint density at radius 2 is 1.87 bits per heavy atom. The zero-order valence-electron chi connectivity index (χ0n) is 15.9. The molecule has 0 bridgehead atoms. The van der Waals surface area contributed by atoms with Gasteiger partial charge in [-0.25, -0.2) is 31.7 Å².